The van der Waals surface area contributed by atoms with Gasteiger partial charge in [-0.15, -0.1) is 0 Å². The molecule has 1 aromatic carbocycles. The molecule has 1 aromatic rings. The van der Waals surface area contributed by atoms with E-state index in [-0.39, 0.29) is 6.42 Å². The van der Waals surface area contributed by atoms with E-state index >= 15 is 0 Å². The lowest BCUT2D eigenvalue weighted by atomic mass is 9.97. The lowest BCUT2D eigenvalue weighted by Gasteiger charge is -2.13. The molecule has 0 fully saturated rings. The second kappa shape index (κ2) is 7.51. The quantitative estimate of drug-likeness (QED) is 0.686. The number of benzene rings is 1. The van der Waals surface area contributed by atoms with Gasteiger partial charge in [0.25, 0.3) is 0 Å². The van der Waals surface area contributed by atoms with Gasteiger partial charge in [-0.05, 0) is 36.0 Å². The van der Waals surface area contributed by atoms with Gasteiger partial charge in [0.15, 0.2) is 0 Å². The van der Waals surface area contributed by atoms with Crippen molar-refractivity contribution in [3.05, 3.63) is 52.0 Å². The number of aryl methyl sites for hydroxylation is 1. The van der Waals surface area contributed by atoms with Crippen LogP contribution in [0.4, 0.5) is 0 Å². The van der Waals surface area contributed by atoms with E-state index in [1.807, 2.05) is 19.1 Å². The molecule has 0 bridgehead atoms. The number of hydrogen-bond acceptors (Lipinski definition) is 1. The van der Waals surface area contributed by atoms with Gasteiger partial charge in [-0.3, -0.25) is 4.79 Å². The van der Waals surface area contributed by atoms with Gasteiger partial charge in [0, 0.05) is 12.0 Å². The fourth-order valence-electron chi connectivity index (χ4n) is 1.85. The molecule has 0 saturated carbocycles. The van der Waals surface area contributed by atoms with Crippen LogP contribution < -0.4 is 0 Å². The summed E-state index contributed by atoms with van der Waals surface area (Å²) in [6.07, 6.45) is 2.04. The van der Waals surface area contributed by atoms with Gasteiger partial charge in [0.2, 0.25) is 0 Å². The van der Waals surface area contributed by atoms with Crippen LogP contribution in [-0.2, 0) is 11.2 Å². The zero-order valence-electron chi connectivity index (χ0n) is 11.5. The molecule has 0 aromatic heterocycles. The van der Waals surface area contributed by atoms with Crippen molar-refractivity contribution in [2.75, 3.05) is 0 Å². The van der Waals surface area contributed by atoms with Crippen molar-refractivity contribution >= 4 is 34.7 Å². The van der Waals surface area contributed by atoms with Crippen molar-refractivity contribution in [2.45, 2.75) is 32.6 Å². The number of hydrogen-bond donors (Lipinski definition) is 1. The molecule has 0 unspecified atom stereocenters. The van der Waals surface area contributed by atoms with Crippen LogP contribution >= 0.6 is 23.2 Å². The highest BCUT2D eigenvalue weighted by Crippen LogP contribution is 2.36. The molecule has 0 aliphatic carbocycles. The fourth-order valence-corrected chi connectivity index (χ4v) is 2.41. The average molecular weight is 313 g/mol. The number of halogens is 2. The molecular formula is C16H18Cl2O2. The molecule has 0 aliphatic heterocycles. The third-order valence-electron chi connectivity index (χ3n) is 3.18. The summed E-state index contributed by atoms with van der Waals surface area (Å²) in [5, 5.41) is 9.57. The first-order chi connectivity index (χ1) is 9.38. The lowest BCUT2D eigenvalue weighted by Crippen LogP contribution is -1.97. The molecular weight excluding hydrogens is 295 g/mol. The minimum Gasteiger partial charge on any atom is -0.481 e. The Bertz CT molecular complexity index is 548. The van der Waals surface area contributed by atoms with Gasteiger partial charge < -0.3 is 5.11 Å². The summed E-state index contributed by atoms with van der Waals surface area (Å²) >= 11 is 12.5. The standard InChI is InChI=1S/C16H18Cl2O2/c1-4-10(2)11(3)13-9-8-12(15(17)16(13)18)6-5-7-14(19)20/h8-9H,2-7H2,1H3,(H,19,20). The molecule has 108 valence electrons. The maximum atomic E-state index is 10.5. The van der Waals surface area contributed by atoms with Crippen LogP contribution in [0.3, 0.4) is 0 Å². The molecule has 1 rings (SSSR count). The Labute approximate surface area is 129 Å². The van der Waals surface area contributed by atoms with E-state index in [0.29, 0.717) is 22.9 Å². The van der Waals surface area contributed by atoms with Crippen molar-refractivity contribution in [3.8, 4) is 0 Å². The van der Waals surface area contributed by atoms with Gasteiger partial charge in [-0.25, -0.2) is 0 Å². The lowest BCUT2D eigenvalue weighted by molar-refractivity contribution is -0.137. The number of aliphatic carboxylic acids is 1. The smallest absolute Gasteiger partial charge is 0.303 e. The summed E-state index contributed by atoms with van der Waals surface area (Å²) in [6, 6.07) is 3.74. The Morgan fingerprint density at radius 3 is 2.45 bits per heavy atom. The third-order valence-corrected chi connectivity index (χ3v) is 4.10. The first-order valence-corrected chi connectivity index (χ1v) is 7.20. The largest absolute Gasteiger partial charge is 0.481 e. The van der Waals surface area contributed by atoms with E-state index in [1.165, 1.54) is 0 Å². The van der Waals surface area contributed by atoms with E-state index in [1.54, 1.807) is 0 Å². The van der Waals surface area contributed by atoms with E-state index in [0.717, 1.165) is 28.7 Å². The molecule has 0 atom stereocenters. The molecule has 0 radical (unpaired) electrons. The Balaban J connectivity index is 2.95. The van der Waals surface area contributed by atoms with E-state index in [4.69, 9.17) is 28.3 Å². The predicted octanol–water partition coefficient (Wildman–Crippen LogP) is 5.38. The maximum Gasteiger partial charge on any atom is 0.303 e. The Morgan fingerprint density at radius 2 is 1.90 bits per heavy atom. The fraction of sp³-hybridized carbons (Fsp3) is 0.312. The summed E-state index contributed by atoms with van der Waals surface area (Å²) in [6.45, 7) is 9.94. The minimum atomic E-state index is -0.809. The first-order valence-electron chi connectivity index (χ1n) is 6.44. The van der Waals surface area contributed by atoms with Crippen molar-refractivity contribution < 1.29 is 9.90 Å². The molecule has 20 heavy (non-hydrogen) atoms. The van der Waals surface area contributed by atoms with Gasteiger partial charge in [0.05, 0.1) is 10.0 Å². The Hall–Kier alpha value is -1.25. The minimum absolute atomic E-state index is 0.120. The summed E-state index contributed by atoms with van der Waals surface area (Å²) in [7, 11) is 0. The first kappa shape index (κ1) is 16.8. The molecule has 0 saturated heterocycles. The predicted molar refractivity (Wildman–Crippen MR) is 85.5 cm³/mol. The molecule has 0 amide bonds. The highest BCUT2D eigenvalue weighted by Gasteiger charge is 2.13. The molecule has 2 nitrogen and oxygen atoms in total. The number of carboxylic acid groups (broad SMARTS) is 1. The van der Waals surface area contributed by atoms with E-state index in [9.17, 15) is 4.79 Å². The zero-order valence-corrected chi connectivity index (χ0v) is 13.0. The monoisotopic (exact) mass is 312 g/mol. The van der Waals surface area contributed by atoms with Crippen molar-refractivity contribution in [1.82, 2.24) is 0 Å². The molecule has 0 aliphatic rings. The van der Waals surface area contributed by atoms with Crippen molar-refractivity contribution in [1.29, 1.82) is 0 Å². The highest BCUT2D eigenvalue weighted by molar-refractivity contribution is 6.43. The highest BCUT2D eigenvalue weighted by atomic mass is 35.5. The van der Waals surface area contributed by atoms with Crippen LogP contribution in [0.25, 0.3) is 5.57 Å². The van der Waals surface area contributed by atoms with Crippen LogP contribution in [0.1, 0.15) is 37.3 Å². The van der Waals surface area contributed by atoms with Crippen molar-refractivity contribution in [2.24, 2.45) is 0 Å². The second-order valence-electron chi connectivity index (χ2n) is 4.58. The van der Waals surface area contributed by atoms with Crippen LogP contribution in [-0.4, -0.2) is 11.1 Å². The Morgan fingerprint density at radius 1 is 1.25 bits per heavy atom. The molecule has 4 heteroatoms. The van der Waals surface area contributed by atoms with Crippen molar-refractivity contribution in [3.63, 3.8) is 0 Å². The summed E-state index contributed by atoms with van der Waals surface area (Å²) in [4.78, 5) is 10.5. The third kappa shape index (κ3) is 4.12. The SMILES string of the molecule is C=C(CC)C(=C)c1ccc(CCCC(=O)O)c(Cl)c1Cl. The molecule has 0 heterocycles. The number of carboxylic acids is 1. The van der Waals surface area contributed by atoms with E-state index < -0.39 is 5.97 Å². The van der Waals surface area contributed by atoms with Gasteiger partial charge in [-0.2, -0.15) is 0 Å². The van der Waals surface area contributed by atoms with Crippen LogP contribution in [0.2, 0.25) is 10.0 Å². The topological polar surface area (TPSA) is 37.3 Å². The van der Waals surface area contributed by atoms with Gasteiger partial charge >= 0.3 is 5.97 Å². The van der Waals surface area contributed by atoms with Crippen LogP contribution in [0.15, 0.2) is 30.9 Å². The summed E-state index contributed by atoms with van der Waals surface area (Å²) < 4.78 is 0. The maximum absolute atomic E-state index is 10.5. The normalized spacial score (nSPS) is 10.3. The zero-order chi connectivity index (χ0) is 15.3. The number of carbonyl (C=O) groups is 1. The van der Waals surface area contributed by atoms with Gasteiger partial charge in [0.1, 0.15) is 0 Å². The van der Waals surface area contributed by atoms with Crippen LogP contribution in [0.5, 0.6) is 0 Å². The number of allylic oxidation sites excluding steroid dienone is 2. The molecule has 1 N–H and O–H groups in total. The average Bonchev–Trinajstić information content (AvgIpc) is 2.41. The van der Waals surface area contributed by atoms with Crippen LogP contribution in [0, 0.1) is 0 Å². The summed E-state index contributed by atoms with van der Waals surface area (Å²) in [5.74, 6) is -0.809. The molecule has 0 spiro atoms. The Kier molecular flexibility index (Phi) is 6.31. The summed E-state index contributed by atoms with van der Waals surface area (Å²) in [5.41, 5.74) is 3.35. The number of rotatable bonds is 7. The van der Waals surface area contributed by atoms with Gasteiger partial charge in [-0.1, -0.05) is 55.4 Å². The second-order valence-corrected chi connectivity index (χ2v) is 5.34. The van der Waals surface area contributed by atoms with E-state index in [2.05, 4.69) is 13.2 Å².